The van der Waals surface area contributed by atoms with Crippen molar-refractivity contribution in [2.45, 2.75) is 72.0 Å². The number of carbonyl (C=O) groups is 3. The number of aromatic nitrogens is 2. The van der Waals surface area contributed by atoms with E-state index in [1.165, 1.54) is 4.68 Å². The van der Waals surface area contributed by atoms with E-state index in [1.807, 2.05) is 49.9 Å². The van der Waals surface area contributed by atoms with Crippen molar-refractivity contribution in [3.8, 4) is 11.1 Å². The van der Waals surface area contributed by atoms with E-state index in [0.717, 1.165) is 23.2 Å². The fourth-order valence-electron chi connectivity index (χ4n) is 4.71. The van der Waals surface area contributed by atoms with Gasteiger partial charge in [-0.1, -0.05) is 12.1 Å². The molecule has 0 saturated carbocycles. The summed E-state index contributed by atoms with van der Waals surface area (Å²) >= 11 is 0. The van der Waals surface area contributed by atoms with Gasteiger partial charge in [-0.2, -0.15) is 9.78 Å². The number of ether oxygens (including phenoxy) is 2. The van der Waals surface area contributed by atoms with Crippen molar-refractivity contribution in [3.05, 3.63) is 36.7 Å². The number of anilines is 1. The van der Waals surface area contributed by atoms with E-state index in [-0.39, 0.29) is 12.0 Å². The maximum atomic E-state index is 13.6. The number of carbonyl (C=O) groups excluding carboxylic acids is 3. The quantitative estimate of drug-likeness (QED) is 0.575. The average molecular weight is 497 g/mol. The molecule has 2 fully saturated rings. The van der Waals surface area contributed by atoms with Crippen LogP contribution in [0.25, 0.3) is 11.1 Å². The summed E-state index contributed by atoms with van der Waals surface area (Å²) in [7, 11) is 0. The van der Waals surface area contributed by atoms with Crippen LogP contribution in [0.5, 0.6) is 0 Å². The molecule has 36 heavy (non-hydrogen) atoms. The van der Waals surface area contributed by atoms with Gasteiger partial charge in [0.1, 0.15) is 11.2 Å². The monoisotopic (exact) mass is 496 g/mol. The van der Waals surface area contributed by atoms with Gasteiger partial charge in [0.25, 0.3) is 0 Å². The van der Waals surface area contributed by atoms with Gasteiger partial charge in [-0.15, -0.1) is 0 Å². The van der Waals surface area contributed by atoms with Crippen molar-refractivity contribution in [3.63, 3.8) is 0 Å². The van der Waals surface area contributed by atoms with E-state index in [1.54, 1.807) is 38.1 Å². The Morgan fingerprint density at radius 1 is 0.889 bits per heavy atom. The minimum Gasteiger partial charge on any atom is -0.444 e. The van der Waals surface area contributed by atoms with E-state index in [4.69, 9.17) is 9.47 Å². The second-order valence-electron chi connectivity index (χ2n) is 11.7. The molecule has 9 nitrogen and oxygen atoms in total. The summed E-state index contributed by atoms with van der Waals surface area (Å²) in [5.74, 6) is 0.105. The van der Waals surface area contributed by atoms with Gasteiger partial charge in [0.15, 0.2) is 0 Å². The Labute approximate surface area is 212 Å². The van der Waals surface area contributed by atoms with Gasteiger partial charge in [-0.05, 0) is 78.5 Å². The van der Waals surface area contributed by atoms with Gasteiger partial charge < -0.3 is 19.3 Å². The first-order valence-corrected chi connectivity index (χ1v) is 12.4. The van der Waals surface area contributed by atoms with Crippen LogP contribution in [-0.2, 0) is 14.3 Å². The summed E-state index contributed by atoms with van der Waals surface area (Å²) in [5.41, 5.74) is 0.828. The number of hydrogen-bond acceptors (Lipinski definition) is 6. The number of likely N-dealkylation sites (tertiary alicyclic amines) is 1. The molecule has 9 heteroatoms. The van der Waals surface area contributed by atoms with Gasteiger partial charge in [0, 0.05) is 37.1 Å². The van der Waals surface area contributed by atoms with E-state index in [0.29, 0.717) is 32.5 Å². The van der Waals surface area contributed by atoms with Crippen LogP contribution in [0.1, 0.15) is 60.8 Å². The molecule has 2 aromatic rings. The predicted octanol–water partition coefficient (Wildman–Crippen LogP) is 5.09. The molecule has 2 saturated heterocycles. The SMILES string of the molecule is CC(C)(C)OC(=O)N1CCC2(CC1)CCN(c1cccc(-c3cnn(C(=O)OC(C)(C)C)c3)c1)C2=O. The van der Waals surface area contributed by atoms with E-state index in [2.05, 4.69) is 5.10 Å². The Morgan fingerprint density at radius 3 is 2.14 bits per heavy atom. The third-order valence-corrected chi connectivity index (χ3v) is 6.54. The van der Waals surface area contributed by atoms with Gasteiger partial charge in [-0.25, -0.2) is 9.59 Å². The lowest BCUT2D eigenvalue weighted by molar-refractivity contribution is -0.128. The van der Waals surface area contributed by atoms with Crippen LogP contribution in [0.2, 0.25) is 0 Å². The largest absolute Gasteiger partial charge is 0.444 e. The molecule has 0 N–H and O–H groups in total. The minimum absolute atomic E-state index is 0.105. The van der Waals surface area contributed by atoms with Crippen LogP contribution in [0, 0.1) is 5.41 Å². The Kier molecular flexibility index (Phi) is 6.62. The summed E-state index contributed by atoms with van der Waals surface area (Å²) in [4.78, 5) is 41.9. The summed E-state index contributed by atoms with van der Waals surface area (Å²) in [6.45, 7) is 12.6. The minimum atomic E-state index is -0.613. The summed E-state index contributed by atoms with van der Waals surface area (Å²) in [5, 5.41) is 4.15. The number of amides is 2. The van der Waals surface area contributed by atoms with Crippen molar-refractivity contribution < 1.29 is 23.9 Å². The molecule has 2 amide bonds. The number of nitrogens with zero attached hydrogens (tertiary/aromatic N) is 4. The molecule has 194 valence electrons. The summed E-state index contributed by atoms with van der Waals surface area (Å²) in [6, 6.07) is 7.70. The fourth-order valence-corrected chi connectivity index (χ4v) is 4.71. The lowest BCUT2D eigenvalue weighted by Crippen LogP contribution is -2.48. The maximum Gasteiger partial charge on any atom is 0.435 e. The average Bonchev–Trinajstić information content (AvgIpc) is 3.39. The number of hydrogen-bond donors (Lipinski definition) is 0. The van der Waals surface area contributed by atoms with Crippen molar-refractivity contribution in [1.82, 2.24) is 14.7 Å². The van der Waals surface area contributed by atoms with E-state index in [9.17, 15) is 14.4 Å². The zero-order valence-corrected chi connectivity index (χ0v) is 22.0. The van der Waals surface area contributed by atoms with Crippen LogP contribution in [0.15, 0.2) is 36.7 Å². The third kappa shape index (κ3) is 5.55. The maximum absolute atomic E-state index is 13.6. The van der Waals surface area contributed by atoms with Crippen molar-refractivity contribution in [2.75, 3.05) is 24.5 Å². The topological polar surface area (TPSA) is 94.0 Å². The second kappa shape index (κ2) is 9.26. The standard InChI is InChI=1S/C27H36N4O5/c1-25(2,3)35-23(33)29-13-10-27(11-14-29)12-15-30(22(27)32)21-9-7-8-19(16-21)20-17-28-31(18-20)24(34)36-26(4,5)6/h7-9,16-18H,10-15H2,1-6H3. The predicted molar refractivity (Wildman–Crippen MR) is 136 cm³/mol. The van der Waals surface area contributed by atoms with Crippen molar-refractivity contribution in [2.24, 2.45) is 5.41 Å². The van der Waals surface area contributed by atoms with Crippen LogP contribution in [0.3, 0.4) is 0 Å². The highest BCUT2D eigenvalue weighted by molar-refractivity contribution is 6.00. The smallest absolute Gasteiger partial charge is 0.435 e. The molecule has 0 bridgehead atoms. The molecular weight excluding hydrogens is 460 g/mol. The van der Waals surface area contributed by atoms with Gasteiger partial charge in [-0.3, -0.25) is 4.79 Å². The number of piperidine rings is 1. The fraction of sp³-hybridized carbons (Fsp3) is 0.556. The molecule has 2 aliphatic rings. The molecule has 0 radical (unpaired) electrons. The van der Waals surface area contributed by atoms with E-state index >= 15 is 0 Å². The van der Waals surface area contributed by atoms with Crippen LogP contribution in [0.4, 0.5) is 15.3 Å². The van der Waals surface area contributed by atoms with Gasteiger partial charge >= 0.3 is 12.2 Å². The zero-order valence-electron chi connectivity index (χ0n) is 22.0. The lowest BCUT2D eigenvalue weighted by atomic mass is 9.77. The molecule has 0 unspecified atom stereocenters. The molecule has 1 spiro atoms. The molecule has 0 aliphatic carbocycles. The van der Waals surface area contributed by atoms with Gasteiger partial charge in [0.05, 0.1) is 11.6 Å². The number of benzene rings is 1. The highest BCUT2D eigenvalue weighted by Gasteiger charge is 2.49. The zero-order chi connectivity index (χ0) is 26.3. The van der Waals surface area contributed by atoms with Crippen LogP contribution in [-0.4, -0.2) is 63.6 Å². The molecule has 1 aromatic heterocycles. The Bertz CT molecular complexity index is 1150. The third-order valence-electron chi connectivity index (χ3n) is 6.54. The van der Waals surface area contributed by atoms with Crippen LogP contribution < -0.4 is 4.90 Å². The Balaban J connectivity index is 1.44. The Hall–Kier alpha value is -3.36. The molecular formula is C27H36N4O5. The highest BCUT2D eigenvalue weighted by atomic mass is 16.6. The van der Waals surface area contributed by atoms with E-state index < -0.39 is 22.7 Å². The molecule has 4 rings (SSSR count). The second-order valence-corrected chi connectivity index (χ2v) is 11.7. The first kappa shape index (κ1) is 25.7. The molecule has 2 aliphatic heterocycles. The lowest BCUT2D eigenvalue weighted by Gasteiger charge is -2.38. The first-order valence-electron chi connectivity index (χ1n) is 12.4. The summed E-state index contributed by atoms with van der Waals surface area (Å²) in [6.07, 6.45) is 4.40. The highest BCUT2D eigenvalue weighted by Crippen LogP contribution is 2.43. The molecule has 1 aromatic carbocycles. The van der Waals surface area contributed by atoms with Crippen molar-refractivity contribution in [1.29, 1.82) is 0 Å². The normalized spacial score (nSPS) is 18.0. The molecule has 0 atom stereocenters. The molecule has 3 heterocycles. The van der Waals surface area contributed by atoms with Crippen molar-refractivity contribution >= 4 is 23.8 Å². The van der Waals surface area contributed by atoms with Gasteiger partial charge in [0.2, 0.25) is 5.91 Å². The first-order chi connectivity index (χ1) is 16.8. The number of rotatable bonds is 2. The summed E-state index contributed by atoms with van der Waals surface area (Å²) < 4.78 is 12.1. The Morgan fingerprint density at radius 2 is 1.50 bits per heavy atom. The van der Waals surface area contributed by atoms with Crippen LogP contribution >= 0.6 is 0 Å².